The van der Waals surface area contributed by atoms with Crippen molar-refractivity contribution < 1.29 is 9.18 Å². The Kier molecular flexibility index (Phi) is 4.84. The minimum absolute atomic E-state index is 0.204. The Morgan fingerprint density at radius 1 is 1.11 bits per heavy atom. The summed E-state index contributed by atoms with van der Waals surface area (Å²) in [5.74, 6) is -0.218. The van der Waals surface area contributed by atoms with E-state index < -0.39 is 5.82 Å². The van der Waals surface area contributed by atoms with Gasteiger partial charge in [-0.25, -0.2) is 9.37 Å². The van der Waals surface area contributed by atoms with Gasteiger partial charge in [0.15, 0.2) is 0 Å². The van der Waals surface area contributed by atoms with Crippen molar-refractivity contribution in [3.63, 3.8) is 0 Å². The molecule has 0 radical (unpaired) electrons. The molecule has 1 N–H and O–H groups in total. The quantitative estimate of drug-likeness (QED) is 0.535. The number of carbonyl (C=O) groups excluding carboxylic acids is 1. The SMILES string of the molecule is CNC(=O)c1ccc2c(c1)nc(-c1c(F)cccc1Cl)n2Cc1ccccc1. The molecule has 28 heavy (non-hydrogen) atoms. The molecule has 1 aromatic heterocycles. The van der Waals surface area contributed by atoms with Gasteiger partial charge in [-0.3, -0.25) is 4.79 Å². The van der Waals surface area contributed by atoms with Crippen LogP contribution in [0.2, 0.25) is 5.02 Å². The third-order valence-corrected chi connectivity index (χ3v) is 4.92. The molecular formula is C22H17ClFN3O. The Balaban J connectivity index is 1.96. The Bertz CT molecular complexity index is 1150. The van der Waals surface area contributed by atoms with Crippen LogP contribution in [-0.2, 0) is 6.54 Å². The van der Waals surface area contributed by atoms with E-state index in [2.05, 4.69) is 10.3 Å². The minimum Gasteiger partial charge on any atom is -0.355 e. The van der Waals surface area contributed by atoms with E-state index in [4.69, 9.17) is 11.6 Å². The predicted molar refractivity (Wildman–Crippen MR) is 109 cm³/mol. The van der Waals surface area contributed by atoms with Gasteiger partial charge in [-0.05, 0) is 35.9 Å². The zero-order valence-electron chi connectivity index (χ0n) is 15.1. The number of hydrogen-bond acceptors (Lipinski definition) is 2. The van der Waals surface area contributed by atoms with Crippen molar-refractivity contribution in [3.8, 4) is 11.4 Å². The lowest BCUT2D eigenvalue weighted by atomic mass is 10.1. The van der Waals surface area contributed by atoms with Crippen molar-refractivity contribution in [2.24, 2.45) is 0 Å². The van der Waals surface area contributed by atoms with Gasteiger partial charge in [0, 0.05) is 19.2 Å². The summed E-state index contributed by atoms with van der Waals surface area (Å²) in [5.41, 5.74) is 3.19. The summed E-state index contributed by atoms with van der Waals surface area (Å²) in [6, 6.07) is 19.7. The summed E-state index contributed by atoms with van der Waals surface area (Å²) in [6.45, 7) is 0.497. The molecule has 4 aromatic rings. The zero-order chi connectivity index (χ0) is 19.7. The van der Waals surface area contributed by atoms with Gasteiger partial charge in [-0.15, -0.1) is 0 Å². The molecule has 0 unspecified atom stereocenters. The summed E-state index contributed by atoms with van der Waals surface area (Å²) in [7, 11) is 1.57. The van der Waals surface area contributed by atoms with Crippen LogP contribution in [0.1, 0.15) is 15.9 Å². The molecule has 1 amide bonds. The fraction of sp³-hybridized carbons (Fsp3) is 0.0909. The highest BCUT2D eigenvalue weighted by molar-refractivity contribution is 6.33. The first-order valence-corrected chi connectivity index (χ1v) is 9.17. The molecule has 0 saturated carbocycles. The molecule has 140 valence electrons. The molecule has 6 heteroatoms. The summed E-state index contributed by atoms with van der Waals surface area (Å²) in [5, 5.41) is 2.89. The van der Waals surface area contributed by atoms with Crippen LogP contribution >= 0.6 is 11.6 Å². The number of aromatic nitrogens is 2. The zero-order valence-corrected chi connectivity index (χ0v) is 15.9. The second-order valence-corrected chi connectivity index (χ2v) is 6.79. The number of benzene rings is 3. The molecule has 0 aliphatic rings. The van der Waals surface area contributed by atoms with Crippen LogP contribution in [0.25, 0.3) is 22.4 Å². The van der Waals surface area contributed by atoms with E-state index in [0.29, 0.717) is 23.4 Å². The Hall–Kier alpha value is -3.18. The fourth-order valence-electron chi connectivity index (χ4n) is 3.24. The highest BCUT2D eigenvalue weighted by Gasteiger charge is 2.19. The second kappa shape index (κ2) is 7.44. The van der Waals surface area contributed by atoms with Gasteiger partial charge in [0.2, 0.25) is 0 Å². The third-order valence-electron chi connectivity index (χ3n) is 4.61. The highest BCUT2D eigenvalue weighted by Crippen LogP contribution is 2.33. The first-order chi connectivity index (χ1) is 13.6. The predicted octanol–water partition coefficient (Wildman–Crippen LogP) is 4.90. The molecule has 0 spiro atoms. The van der Waals surface area contributed by atoms with E-state index >= 15 is 0 Å². The molecule has 0 aliphatic heterocycles. The van der Waals surface area contributed by atoms with Crippen molar-refractivity contribution in [3.05, 3.63) is 88.7 Å². The first kappa shape index (κ1) is 18.2. The standard InChI is InChI=1S/C22H17ClFN3O/c1-25-22(28)15-10-11-19-18(12-15)26-21(20-16(23)8-5-9-17(20)24)27(19)13-14-6-3-2-4-7-14/h2-12H,13H2,1H3,(H,25,28). The number of carbonyl (C=O) groups is 1. The number of hydrogen-bond donors (Lipinski definition) is 1. The normalized spacial score (nSPS) is 11.0. The number of imidazole rings is 1. The Morgan fingerprint density at radius 3 is 2.61 bits per heavy atom. The Labute approximate surface area is 166 Å². The molecule has 4 rings (SSSR count). The second-order valence-electron chi connectivity index (χ2n) is 6.39. The maximum atomic E-state index is 14.6. The van der Waals surface area contributed by atoms with Gasteiger partial charge in [-0.1, -0.05) is 48.0 Å². The Morgan fingerprint density at radius 2 is 1.89 bits per heavy atom. The number of amides is 1. The van der Waals surface area contributed by atoms with Crippen LogP contribution in [0.4, 0.5) is 4.39 Å². The average Bonchev–Trinajstić information content (AvgIpc) is 3.05. The average molecular weight is 394 g/mol. The van der Waals surface area contributed by atoms with Crippen molar-refractivity contribution in [2.75, 3.05) is 7.05 Å². The molecule has 0 bridgehead atoms. The molecule has 1 heterocycles. The molecule has 0 atom stereocenters. The first-order valence-electron chi connectivity index (χ1n) is 8.79. The lowest BCUT2D eigenvalue weighted by molar-refractivity contribution is 0.0963. The number of fused-ring (bicyclic) bond motifs is 1. The lowest BCUT2D eigenvalue weighted by Gasteiger charge is -2.11. The van der Waals surface area contributed by atoms with Crippen LogP contribution in [0.5, 0.6) is 0 Å². The van der Waals surface area contributed by atoms with Crippen LogP contribution < -0.4 is 5.32 Å². The van der Waals surface area contributed by atoms with Crippen molar-refractivity contribution in [2.45, 2.75) is 6.54 Å². The molecule has 0 fully saturated rings. The number of halogens is 2. The number of nitrogens with one attached hydrogen (secondary N) is 1. The van der Waals surface area contributed by atoms with Crippen molar-refractivity contribution >= 4 is 28.5 Å². The van der Waals surface area contributed by atoms with Crippen LogP contribution in [0.3, 0.4) is 0 Å². The fourth-order valence-corrected chi connectivity index (χ4v) is 3.49. The molecule has 3 aromatic carbocycles. The summed E-state index contributed by atoms with van der Waals surface area (Å²) < 4.78 is 16.6. The summed E-state index contributed by atoms with van der Waals surface area (Å²) in [6.07, 6.45) is 0. The van der Waals surface area contributed by atoms with Crippen LogP contribution in [-0.4, -0.2) is 22.5 Å². The maximum absolute atomic E-state index is 14.6. The van der Waals surface area contributed by atoms with Gasteiger partial charge in [0.25, 0.3) is 5.91 Å². The summed E-state index contributed by atoms with van der Waals surface area (Å²) >= 11 is 6.31. The van der Waals surface area contributed by atoms with Gasteiger partial charge < -0.3 is 9.88 Å². The van der Waals surface area contributed by atoms with Crippen molar-refractivity contribution in [1.82, 2.24) is 14.9 Å². The van der Waals surface area contributed by atoms with Crippen molar-refractivity contribution in [1.29, 1.82) is 0 Å². The van der Waals surface area contributed by atoms with Gasteiger partial charge in [0.1, 0.15) is 11.6 Å². The molecule has 0 aliphatic carbocycles. The van der Waals surface area contributed by atoms with E-state index in [1.165, 1.54) is 6.07 Å². The minimum atomic E-state index is -0.441. The molecule has 4 nitrogen and oxygen atoms in total. The van der Waals surface area contributed by atoms with Gasteiger partial charge in [0.05, 0.1) is 21.6 Å². The lowest BCUT2D eigenvalue weighted by Crippen LogP contribution is -2.17. The summed E-state index contributed by atoms with van der Waals surface area (Å²) in [4.78, 5) is 16.6. The van der Waals surface area contributed by atoms with E-state index in [1.54, 1.807) is 31.3 Å². The largest absolute Gasteiger partial charge is 0.355 e. The van der Waals surface area contributed by atoms with Crippen LogP contribution in [0.15, 0.2) is 66.7 Å². The maximum Gasteiger partial charge on any atom is 0.251 e. The van der Waals surface area contributed by atoms with E-state index in [1.807, 2.05) is 41.0 Å². The van der Waals surface area contributed by atoms with E-state index in [-0.39, 0.29) is 16.5 Å². The highest BCUT2D eigenvalue weighted by atomic mass is 35.5. The van der Waals surface area contributed by atoms with Crippen LogP contribution in [0, 0.1) is 5.82 Å². The number of nitrogens with zero attached hydrogens (tertiary/aromatic N) is 2. The van der Waals surface area contributed by atoms with E-state index in [9.17, 15) is 9.18 Å². The molecule has 0 saturated heterocycles. The molecular weight excluding hydrogens is 377 g/mol. The topological polar surface area (TPSA) is 46.9 Å². The number of rotatable bonds is 4. The third kappa shape index (κ3) is 3.25. The van der Waals surface area contributed by atoms with E-state index in [0.717, 1.165) is 11.1 Å². The smallest absolute Gasteiger partial charge is 0.251 e. The monoisotopic (exact) mass is 393 g/mol. The van der Waals surface area contributed by atoms with Gasteiger partial charge in [-0.2, -0.15) is 0 Å². The van der Waals surface area contributed by atoms with Gasteiger partial charge >= 0.3 is 0 Å².